The number of isothiocyanates is 1. The van der Waals surface area contributed by atoms with Gasteiger partial charge in [0.05, 0.1) is 17.6 Å². The van der Waals surface area contributed by atoms with E-state index in [1.807, 2.05) is 12.1 Å². The molecule has 1 aromatic carbocycles. The van der Waals surface area contributed by atoms with Crippen LogP contribution >= 0.6 is 12.2 Å². The highest BCUT2D eigenvalue weighted by Crippen LogP contribution is 2.39. The molecule has 1 aromatic heterocycles. The number of hydrogen-bond donors (Lipinski definition) is 0. The molecule has 3 rings (SSSR count). The van der Waals surface area contributed by atoms with Crippen molar-refractivity contribution in [3.63, 3.8) is 0 Å². The largest absolute Gasteiger partial charge is 0.227 e. The van der Waals surface area contributed by atoms with Crippen LogP contribution in [0.2, 0.25) is 0 Å². The van der Waals surface area contributed by atoms with Crippen molar-refractivity contribution in [3.05, 3.63) is 53.6 Å². The lowest BCUT2D eigenvalue weighted by Gasteiger charge is -1.96. The van der Waals surface area contributed by atoms with Crippen LogP contribution < -0.4 is 0 Å². The second-order valence-corrected chi connectivity index (χ2v) is 4.80. The zero-order valence-electron chi connectivity index (χ0n) is 10.7. The Morgan fingerprint density at radius 2 is 1.75 bits per heavy atom. The summed E-state index contributed by atoms with van der Waals surface area (Å²) in [5.74, 6) is 7.24. The topological polar surface area (TPSA) is 38.1 Å². The lowest BCUT2D eigenvalue weighted by Crippen LogP contribution is -1.86. The summed E-state index contributed by atoms with van der Waals surface area (Å²) in [5.41, 5.74) is 2.97. The summed E-state index contributed by atoms with van der Waals surface area (Å²) in [4.78, 5) is 12.0. The molecular weight excluding hydrogens is 266 g/mol. The Morgan fingerprint density at radius 1 is 1.05 bits per heavy atom. The SMILES string of the molecule is S=C=Nc1cnc(C#Cc2ccc(C3CC3)cc2)nc1. The molecule has 1 aliphatic carbocycles. The number of hydrogen-bond acceptors (Lipinski definition) is 4. The van der Waals surface area contributed by atoms with E-state index in [1.165, 1.54) is 18.4 Å². The van der Waals surface area contributed by atoms with Crippen LogP contribution in [0.5, 0.6) is 0 Å². The van der Waals surface area contributed by atoms with Crippen molar-refractivity contribution in [2.24, 2.45) is 4.99 Å². The van der Waals surface area contributed by atoms with Crippen LogP contribution in [0.15, 0.2) is 41.7 Å². The van der Waals surface area contributed by atoms with E-state index in [-0.39, 0.29) is 0 Å². The third-order valence-electron chi connectivity index (χ3n) is 3.09. The van der Waals surface area contributed by atoms with Crippen LogP contribution in [0.4, 0.5) is 5.69 Å². The first-order chi connectivity index (χ1) is 9.85. The number of thiocarbonyl (C=S) groups is 1. The summed E-state index contributed by atoms with van der Waals surface area (Å²) in [7, 11) is 0. The van der Waals surface area contributed by atoms with E-state index in [0.717, 1.165) is 11.5 Å². The van der Waals surface area contributed by atoms with Gasteiger partial charge in [-0.3, -0.25) is 0 Å². The Morgan fingerprint density at radius 3 is 2.35 bits per heavy atom. The molecule has 0 unspecified atom stereocenters. The van der Waals surface area contributed by atoms with E-state index in [2.05, 4.69) is 56.3 Å². The first-order valence-electron chi connectivity index (χ1n) is 6.37. The number of aliphatic imine (C=N–C) groups is 1. The van der Waals surface area contributed by atoms with E-state index < -0.39 is 0 Å². The second kappa shape index (κ2) is 5.75. The van der Waals surface area contributed by atoms with Crippen LogP contribution in [-0.2, 0) is 0 Å². The van der Waals surface area contributed by atoms with Gasteiger partial charge in [-0.25, -0.2) is 9.97 Å². The van der Waals surface area contributed by atoms with Crippen molar-refractivity contribution < 1.29 is 0 Å². The van der Waals surface area contributed by atoms with E-state index in [9.17, 15) is 0 Å². The van der Waals surface area contributed by atoms with Gasteiger partial charge in [0.2, 0.25) is 5.82 Å². The minimum absolute atomic E-state index is 0.472. The van der Waals surface area contributed by atoms with E-state index >= 15 is 0 Å². The van der Waals surface area contributed by atoms with Gasteiger partial charge in [0, 0.05) is 5.56 Å². The Labute approximate surface area is 122 Å². The molecule has 0 spiro atoms. The highest BCUT2D eigenvalue weighted by molar-refractivity contribution is 7.78. The van der Waals surface area contributed by atoms with Gasteiger partial charge < -0.3 is 0 Å². The molecular formula is C16H11N3S. The summed E-state index contributed by atoms with van der Waals surface area (Å²) in [6.45, 7) is 0. The van der Waals surface area contributed by atoms with Crippen molar-refractivity contribution in [1.29, 1.82) is 0 Å². The minimum atomic E-state index is 0.472. The van der Waals surface area contributed by atoms with Gasteiger partial charge in [-0.05, 0) is 54.6 Å². The van der Waals surface area contributed by atoms with Crippen molar-refractivity contribution in [2.45, 2.75) is 18.8 Å². The van der Waals surface area contributed by atoms with Crippen molar-refractivity contribution >= 4 is 23.1 Å². The predicted molar refractivity (Wildman–Crippen MR) is 81.1 cm³/mol. The standard InChI is InChI=1S/C16H11N3S/c20-11-19-15-9-17-16(18-10-15)8-3-12-1-4-13(5-2-12)14-6-7-14/h1-2,4-5,9-10,14H,6-7H2. The third kappa shape index (κ3) is 3.16. The molecule has 20 heavy (non-hydrogen) atoms. The smallest absolute Gasteiger partial charge is 0.205 e. The fourth-order valence-electron chi connectivity index (χ4n) is 1.88. The molecule has 0 radical (unpaired) electrons. The molecule has 4 heteroatoms. The molecule has 96 valence electrons. The maximum Gasteiger partial charge on any atom is 0.205 e. The average Bonchev–Trinajstić information content (AvgIpc) is 3.32. The number of benzene rings is 1. The van der Waals surface area contributed by atoms with Gasteiger partial charge in [0.15, 0.2) is 0 Å². The van der Waals surface area contributed by atoms with Crippen LogP contribution in [0.1, 0.15) is 35.7 Å². The van der Waals surface area contributed by atoms with Gasteiger partial charge in [0.25, 0.3) is 0 Å². The summed E-state index contributed by atoms with van der Waals surface area (Å²) >= 11 is 4.51. The van der Waals surface area contributed by atoms with Gasteiger partial charge >= 0.3 is 0 Å². The molecule has 0 aliphatic heterocycles. The van der Waals surface area contributed by atoms with Crippen LogP contribution in [0.25, 0.3) is 0 Å². The summed E-state index contributed by atoms with van der Waals surface area (Å²) in [6.07, 6.45) is 5.78. The molecule has 0 bridgehead atoms. The Kier molecular flexibility index (Phi) is 3.64. The Bertz CT molecular complexity index is 713. The maximum absolute atomic E-state index is 4.51. The second-order valence-electron chi connectivity index (χ2n) is 4.61. The van der Waals surface area contributed by atoms with Gasteiger partial charge in [-0.15, -0.1) is 0 Å². The van der Waals surface area contributed by atoms with E-state index in [1.54, 1.807) is 12.4 Å². The highest BCUT2D eigenvalue weighted by atomic mass is 32.1. The summed E-state index contributed by atoms with van der Waals surface area (Å²) in [6, 6.07) is 8.40. The summed E-state index contributed by atoms with van der Waals surface area (Å²) < 4.78 is 0. The number of nitrogens with zero attached hydrogens (tertiary/aromatic N) is 3. The average molecular weight is 277 g/mol. The fraction of sp³-hybridized carbons (Fsp3) is 0.188. The molecule has 1 saturated carbocycles. The first-order valence-corrected chi connectivity index (χ1v) is 6.78. The first kappa shape index (κ1) is 12.7. The molecule has 1 fully saturated rings. The highest BCUT2D eigenvalue weighted by Gasteiger charge is 2.22. The minimum Gasteiger partial charge on any atom is -0.227 e. The quantitative estimate of drug-likeness (QED) is 0.479. The van der Waals surface area contributed by atoms with Crippen molar-refractivity contribution in [2.75, 3.05) is 0 Å². The zero-order valence-corrected chi connectivity index (χ0v) is 11.5. The van der Waals surface area contributed by atoms with E-state index in [0.29, 0.717) is 11.5 Å². The van der Waals surface area contributed by atoms with E-state index in [4.69, 9.17) is 0 Å². The predicted octanol–water partition coefficient (Wildman–Crippen LogP) is 3.49. The Balaban J connectivity index is 1.74. The fourth-order valence-corrected chi connectivity index (χ4v) is 1.98. The Hall–Kier alpha value is -2.34. The lowest BCUT2D eigenvalue weighted by atomic mass is 10.1. The monoisotopic (exact) mass is 277 g/mol. The molecule has 0 saturated heterocycles. The molecule has 3 nitrogen and oxygen atoms in total. The molecule has 0 N–H and O–H groups in total. The summed E-state index contributed by atoms with van der Waals surface area (Å²) in [5, 5.41) is 2.27. The normalized spacial score (nSPS) is 13.0. The third-order valence-corrected chi connectivity index (χ3v) is 3.18. The number of rotatable bonds is 2. The van der Waals surface area contributed by atoms with Gasteiger partial charge in [-0.1, -0.05) is 18.1 Å². The molecule has 1 aliphatic rings. The van der Waals surface area contributed by atoms with Crippen molar-refractivity contribution in [1.82, 2.24) is 9.97 Å². The van der Waals surface area contributed by atoms with Crippen LogP contribution in [0, 0.1) is 11.8 Å². The molecule has 0 amide bonds. The number of aromatic nitrogens is 2. The van der Waals surface area contributed by atoms with Crippen LogP contribution in [-0.4, -0.2) is 15.1 Å². The lowest BCUT2D eigenvalue weighted by molar-refractivity contribution is 1.12. The zero-order chi connectivity index (χ0) is 13.8. The molecule has 1 heterocycles. The van der Waals surface area contributed by atoms with Gasteiger partial charge in [-0.2, -0.15) is 4.99 Å². The molecule has 0 atom stereocenters. The van der Waals surface area contributed by atoms with Crippen LogP contribution in [0.3, 0.4) is 0 Å². The van der Waals surface area contributed by atoms with Crippen molar-refractivity contribution in [3.8, 4) is 11.8 Å². The maximum atomic E-state index is 4.51. The molecule has 2 aromatic rings. The van der Waals surface area contributed by atoms with Gasteiger partial charge in [0.1, 0.15) is 5.69 Å².